The SMILES string of the molecule is COc1ccc(C=CC(=O)Oc2ccccc2)cc1S(=O)(=O)N1CCCCC1. The summed E-state index contributed by atoms with van der Waals surface area (Å²) in [5, 5.41) is 0. The molecule has 0 atom stereocenters. The summed E-state index contributed by atoms with van der Waals surface area (Å²) in [5.74, 6) is 0.192. The summed E-state index contributed by atoms with van der Waals surface area (Å²) in [6, 6.07) is 13.6. The number of carbonyl (C=O) groups excluding carboxylic acids is 1. The van der Waals surface area contributed by atoms with Crippen molar-refractivity contribution in [2.45, 2.75) is 24.2 Å². The molecule has 7 heteroatoms. The Bertz CT molecular complexity index is 948. The molecule has 0 unspecified atom stereocenters. The van der Waals surface area contributed by atoms with Crippen LogP contribution in [0.5, 0.6) is 11.5 Å². The third-order valence-electron chi connectivity index (χ3n) is 4.49. The van der Waals surface area contributed by atoms with Crippen LogP contribution >= 0.6 is 0 Å². The van der Waals surface area contributed by atoms with Gasteiger partial charge in [0.2, 0.25) is 10.0 Å². The van der Waals surface area contributed by atoms with Crippen LogP contribution in [0.2, 0.25) is 0 Å². The number of nitrogens with zero attached hydrogens (tertiary/aromatic N) is 1. The average molecular weight is 401 g/mol. The van der Waals surface area contributed by atoms with Gasteiger partial charge in [-0.05, 0) is 48.7 Å². The molecule has 148 valence electrons. The number of hydrogen-bond acceptors (Lipinski definition) is 5. The predicted octanol–water partition coefficient (Wildman–Crippen LogP) is 3.49. The van der Waals surface area contributed by atoms with Crippen molar-refractivity contribution >= 4 is 22.1 Å². The monoisotopic (exact) mass is 401 g/mol. The largest absolute Gasteiger partial charge is 0.495 e. The lowest BCUT2D eigenvalue weighted by molar-refractivity contribution is -0.128. The van der Waals surface area contributed by atoms with E-state index < -0.39 is 16.0 Å². The van der Waals surface area contributed by atoms with Crippen LogP contribution in [0.1, 0.15) is 24.8 Å². The first-order chi connectivity index (χ1) is 13.5. The Hall–Kier alpha value is -2.64. The Balaban J connectivity index is 1.81. The van der Waals surface area contributed by atoms with E-state index in [1.807, 2.05) is 6.07 Å². The number of hydrogen-bond donors (Lipinski definition) is 0. The molecular weight excluding hydrogens is 378 g/mol. The molecule has 1 aliphatic heterocycles. The van der Waals surface area contributed by atoms with Crippen LogP contribution in [-0.2, 0) is 14.8 Å². The van der Waals surface area contributed by atoms with Gasteiger partial charge in [0.25, 0.3) is 0 Å². The maximum atomic E-state index is 13.0. The molecule has 2 aromatic rings. The lowest BCUT2D eigenvalue weighted by Gasteiger charge is -2.26. The minimum atomic E-state index is -3.66. The van der Waals surface area contributed by atoms with Crippen molar-refractivity contribution in [2.24, 2.45) is 0 Å². The Morgan fingerprint density at radius 3 is 2.43 bits per heavy atom. The van der Waals surface area contributed by atoms with Gasteiger partial charge in [0.15, 0.2) is 0 Å². The van der Waals surface area contributed by atoms with Gasteiger partial charge in [-0.2, -0.15) is 4.31 Å². The van der Waals surface area contributed by atoms with Gasteiger partial charge in [-0.25, -0.2) is 13.2 Å². The number of sulfonamides is 1. The molecule has 1 saturated heterocycles. The number of benzene rings is 2. The van der Waals surface area contributed by atoms with Crippen LogP contribution in [0.25, 0.3) is 6.08 Å². The standard InChI is InChI=1S/C21H23NO5S/c1-26-19-12-10-17(11-13-21(23)27-18-8-4-2-5-9-18)16-20(19)28(24,25)22-14-6-3-7-15-22/h2,4-5,8-13,16H,3,6-7,14-15H2,1H3. The highest BCUT2D eigenvalue weighted by atomic mass is 32.2. The number of rotatable bonds is 6. The zero-order valence-electron chi connectivity index (χ0n) is 15.7. The van der Waals surface area contributed by atoms with E-state index in [0.29, 0.717) is 24.4 Å². The van der Waals surface area contributed by atoms with Gasteiger partial charge in [-0.3, -0.25) is 0 Å². The molecule has 3 rings (SSSR count). The second-order valence-corrected chi connectivity index (χ2v) is 8.35. The maximum absolute atomic E-state index is 13.0. The van der Waals surface area contributed by atoms with Gasteiger partial charge >= 0.3 is 5.97 Å². The predicted molar refractivity (Wildman–Crippen MR) is 107 cm³/mol. The third kappa shape index (κ3) is 4.79. The fourth-order valence-corrected chi connectivity index (χ4v) is 4.75. The van der Waals surface area contributed by atoms with Crippen molar-refractivity contribution in [3.05, 3.63) is 60.2 Å². The van der Waals surface area contributed by atoms with Gasteiger partial charge in [-0.15, -0.1) is 0 Å². The Morgan fingerprint density at radius 2 is 1.75 bits per heavy atom. The number of carbonyl (C=O) groups is 1. The van der Waals surface area contributed by atoms with Crippen LogP contribution in [0.4, 0.5) is 0 Å². The molecule has 28 heavy (non-hydrogen) atoms. The van der Waals surface area contributed by atoms with Gasteiger partial charge in [0, 0.05) is 19.2 Å². The summed E-state index contributed by atoms with van der Waals surface area (Å²) in [4.78, 5) is 12.1. The van der Waals surface area contributed by atoms with E-state index in [9.17, 15) is 13.2 Å². The minimum absolute atomic E-state index is 0.107. The highest BCUT2D eigenvalue weighted by molar-refractivity contribution is 7.89. The lowest BCUT2D eigenvalue weighted by Crippen LogP contribution is -2.35. The van der Waals surface area contributed by atoms with Crippen molar-refractivity contribution < 1.29 is 22.7 Å². The fraction of sp³-hybridized carbons (Fsp3) is 0.286. The van der Waals surface area contributed by atoms with E-state index in [2.05, 4.69) is 0 Å². The van der Waals surface area contributed by atoms with E-state index in [4.69, 9.17) is 9.47 Å². The fourth-order valence-electron chi connectivity index (χ4n) is 3.05. The van der Waals surface area contributed by atoms with E-state index >= 15 is 0 Å². The summed E-state index contributed by atoms with van der Waals surface area (Å²) in [5.41, 5.74) is 0.571. The first-order valence-corrected chi connectivity index (χ1v) is 10.6. The highest BCUT2D eigenvalue weighted by Gasteiger charge is 2.28. The number of piperidine rings is 1. The maximum Gasteiger partial charge on any atom is 0.336 e. The van der Waals surface area contributed by atoms with Crippen LogP contribution in [-0.4, -0.2) is 38.9 Å². The summed E-state index contributed by atoms with van der Waals surface area (Å²) < 4.78 is 38.0. The van der Waals surface area contributed by atoms with Crippen molar-refractivity contribution in [3.8, 4) is 11.5 Å². The summed E-state index contributed by atoms with van der Waals surface area (Å²) in [6.07, 6.45) is 5.54. The van der Waals surface area contributed by atoms with Gasteiger partial charge in [0.1, 0.15) is 16.4 Å². The second kappa shape index (κ2) is 9.03. The molecular formula is C21H23NO5S. The topological polar surface area (TPSA) is 72.9 Å². The molecule has 0 spiro atoms. The summed E-state index contributed by atoms with van der Waals surface area (Å²) in [7, 11) is -2.21. The number of ether oxygens (including phenoxy) is 2. The van der Waals surface area contributed by atoms with Crippen LogP contribution in [0.15, 0.2) is 59.5 Å². The van der Waals surface area contributed by atoms with Crippen LogP contribution < -0.4 is 9.47 Å². The number of methoxy groups -OCH3 is 1. The highest BCUT2D eigenvalue weighted by Crippen LogP contribution is 2.30. The smallest absolute Gasteiger partial charge is 0.336 e. The quantitative estimate of drug-likeness (QED) is 0.421. The lowest BCUT2D eigenvalue weighted by atomic mass is 10.2. The molecule has 6 nitrogen and oxygen atoms in total. The van der Waals surface area contributed by atoms with E-state index in [1.165, 1.54) is 29.6 Å². The zero-order chi connectivity index (χ0) is 20.0. The molecule has 1 aliphatic rings. The molecule has 2 aromatic carbocycles. The number of esters is 1. The van der Waals surface area contributed by atoms with Crippen LogP contribution in [0.3, 0.4) is 0 Å². The van der Waals surface area contributed by atoms with E-state index in [0.717, 1.165) is 19.3 Å². The van der Waals surface area contributed by atoms with Gasteiger partial charge in [-0.1, -0.05) is 30.7 Å². The molecule has 0 radical (unpaired) electrons. The molecule has 0 aliphatic carbocycles. The minimum Gasteiger partial charge on any atom is -0.495 e. The summed E-state index contributed by atoms with van der Waals surface area (Å²) >= 11 is 0. The van der Waals surface area contributed by atoms with Crippen LogP contribution in [0, 0.1) is 0 Å². The molecule has 0 amide bonds. The summed E-state index contributed by atoms with van der Waals surface area (Å²) in [6.45, 7) is 1.02. The van der Waals surface area contributed by atoms with Crippen molar-refractivity contribution in [1.29, 1.82) is 0 Å². The Morgan fingerprint density at radius 1 is 1.04 bits per heavy atom. The van der Waals surface area contributed by atoms with E-state index in [1.54, 1.807) is 36.4 Å². The van der Waals surface area contributed by atoms with Gasteiger partial charge in [0.05, 0.1) is 7.11 Å². The molecule has 1 fully saturated rings. The van der Waals surface area contributed by atoms with Gasteiger partial charge < -0.3 is 9.47 Å². The Labute approximate surface area is 165 Å². The molecule has 0 aromatic heterocycles. The average Bonchev–Trinajstić information content (AvgIpc) is 2.73. The van der Waals surface area contributed by atoms with Crippen molar-refractivity contribution in [3.63, 3.8) is 0 Å². The molecule has 0 N–H and O–H groups in total. The third-order valence-corrected chi connectivity index (χ3v) is 6.41. The first-order valence-electron chi connectivity index (χ1n) is 9.14. The second-order valence-electron chi connectivity index (χ2n) is 6.44. The molecule has 1 heterocycles. The zero-order valence-corrected chi connectivity index (χ0v) is 16.5. The molecule has 0 bridgehead atoms. The van der Waals surface area contributed by atoms with Crippen molar-refractivity contribution in [2.75, 3.05) is 20.2 Å². The molecule has 0 saturated carbocycles. The van der Waals surface area contributed by atoms with Crippen molar-refractivity contribution in [1.82, 2.24) is 4.31 Å². The first kappa shape index (κ1) is 20.1. The number of para-hydroxylation sites is 1. The Kier molecular flexibility index (Phi) is 6.49. The normalized spacial score (nSPS) is 15.5. The van der Waals surface area contributed by atoms with E-state index in [-0.39, 0.29) is 10.6 Å².